The molecular formula is C13H26. The van der Waals surface area contributed by atoms with E-state index in [0.717, 1.165) is 0 Å². The van der Waals surface area contributed by atoms with Crippen LogP contribution in [0.5, 0.6) is 0 Å². The van der Waals surface area contributed by atoms with Crippen molar-refractivity contribution >= 4 is 0 Å². The van der Waals surface area contributed by atoms with Gasteiger partial charge in [0.2, 0.25) is 0 Å². The summed E-state index contributed by atoms with van der Waals surface area (Å²) in [5, 5.41) is 0. The first-order valence-electron chi connectivity index (χ1n) is 5.55. The maximum Gasteiger partial charge on any atom is -0.0282 e. The van der Waals surface area contributed by atoms with Gasteiger partial charge >= 0.3 is 0 Å². The first-order valence-corrected chi connectivity index (χ1v) is 5.55. The Kier molecular flexibility index (Phi) is 11.0. The lowest BCUT2D eigenvalue weighted by atomic mass is 9.94. The predicted molar refractivity (Wildman–Crippen MR) is 64.1 cm³/mol. The molecule has 1 aliphatic rings. The van der Waals surface area contributed by atoms with Gasteiger partial charge in [0.15, 0.2) is 0 Å². The van der Waals surface area contributed by atoms with Gasteiger partial charge in [-0.05, 0) is 39.2 Å². The first kappa shape index (κ1) is 15.0. The molecule has 0 fully saturated rings. The van der Waals surface area contributed by atoms with Crippen LogP contribution in [0.2, 0.25) is 0 Å². The highest BCUT2D eigenvalue weighted by molar-refractivity contribution is 5.34. The maximum atomic E-state index is 2.32. The average Bonchev–Trinajstić information content (AvgIpc) is 2.20. The molecule has 0 aromatic heterocycles. The summed E-state index contributed by atoms with van der Waals surface area (Å²) in [5.74, 6) is 0. The molecule has 0 nitrogen and oxygen atoms in total. The minimum atomic E-state index is 1.25. The largest absolute Gasteiger partial charge is 0.0810 e. The Morgan fingerprint density at radius 3 is 1.69 bits per heavy atom. The third-order valence-electron chi connectivity index (χ3n) is 2.20. The number of hydrogen-bond acceptors (Lipinski definition) is 0. The van der Waals surface area contributed by atoms with Crippen LogP contribution in [0.15, 0.2) is 22.8 Å². The van der Waals surface area contributed by atoms with Crippen molar-refractivity contribution in [1.29, 1.82) is 0 Å². The van der Waals surface area contributed by atoms with Gasteiger partial charge in [0.25, 0.3) is 0 Å². The van der Waals surface area contributed by atoms with E-state index in [4.69, 9.17) is 0 Å². The molecule has 0 N–H and O–H groups in total. The summed E-state index contributed by atoms with van der Waals surface area (Å²) in [4.78, 5) is 0. The fourth-order valence-corrected chi connectivity index (χ4v) is 1.18. The molecule has 0 saturated heterocycles. The van der Waals surface area contributed by atoms with Gasteiger partial charge in [-0.1, -0.05) is 44.9 Å². The van der Waals surface area contributed by atoms with Gasteiger partial charge in [-0.15, -0.1) is 0 Å². The summed E-state index contributed by atoms with van der Waals surface area (Å²) in [7, 11) is 0. The van der Waals surface area contributed by atoms with Crippen LogP contribution in [-0.2, 0) is 0 Å². The van der Waals surface area contributed by atoms with E-state index in [9.17, 15) is 0 Å². The molecule has 1 rings (SSSR count). The SMILES string of the molecule is CC.CC.CC1=CCCC(C)=C1C. The molecule has 0 aromatic carbocycles. The van der Waals surface area contributed by atoms with Crippen LogP contribution < -0.4 is 0 Å². The van der Waals surface area contributed by atoms with Gasteiger partial charge in [-0.2, -0.15) is 0 Å². The first-order chi connectivity index (χ1) is 6.22. The Bertz CT molecular complexity index is 170. The van der Waals surface area contributed by atoms with Crippen LogP contribution in [0.25, 0.3) is 0 Å². The molecule has 0 heteroatoms. The second kappa shape index (κ2) is 9.57. The van der Waals surface area contributed by atoms with Crippen molar-refractivity contribution in [2.24, 2.45) is 0 Å². The molecule has 0 atom stereocenters. The molecule has 0 spiro atoms. The van der Waals surface area contributed by atoms with Crippen LogP contribution in [0, 0.1) is 0 Å². The number of rotatable bonds is 0. The smallest absolute Gasteiger partial charge is 0.0282 e. The van der Waals surface area contributed by atoms with Crippen LogP contribution in [0.3, 0.4) is 0 Å². The summed E-state index contributed by atoms with van der Waals surface area (Å²) in [5.41, 5.74) is 4.54. The Balaban J connectivity index is 0. The Morgan fingerprint density at radius 2 is 1.38 bits per heavy atom. The van der Waals surface area contributed by atoms with E-state index in [1.165, 1.54) is 24.0 Å². The van der Waals surface area contributed by atoms with Gasteiger partial charge in [-0.3, -0.25) is 0 Å². The lowest BCUT2D eigenvalue weighted by Gasteiger charge is -2.12. The molecule has 78 valence electrons. The van der Waals surface area contributed by atoms with Gasteiger partial charge in [0.1, 0.15) is 0 Å². The third-order valence-corrected chi connectivity index (χ3v) is 2.20. The highest BCUT2D eigenvalue weighted by Gasteiger charge is 2.03. The summed E-state index contributed by atoms with van der Waals surface area (Å²) in [6.45, 7) is 14.6. The van der Waals surface area contributed by atoms with E-state index in [1.807, 2.05) is 27.7 Å². The van der Waals surface area contributed by atoms with Crippen LogP contribution in [0.4, 0.5) is 0 Å². The zero-order valence-corrected chi connectivity index (χ0v) is 10.5. The molecular weight excluding hydrogens is 156 g/mol. The number of allylic oxidation sites excluding steroid dienone is 4. The van der Waals surface area contributed by atoms with Crippen LogP contribution >= 0.6 is 0 Å². The van der Waals surface area contributed by atoms with Crippen LogP contribution in [0.1, 0.15) is 61.3 Å². The monoisotopic (exact) mass is 182 g/mol. The summed E-state index contributed by atoms with van der Waals surface area (Å²) >= 11 is 0. The summed E-state index contributed by atoms with van der Waals surface area (Å²) in [6.07, 6.45) is 4.83. The predicted octanol–water partition coefficient (Wildman–Crippen LogP) is 5.12. The Hall–Kier alpha value is -0.520. The van der Waals surface area contributed by atoms with E-state index in [2.05, 4.69) is 26.8 Å². The van der Waals surface area contributed by atoms with Crippen molar-refractivity contribution in [3.63, 3.8) is 0 Å². The zero-order chi connectivity index (χ0) is 10.9. The van der Waals surface area contributed by atoms with E-state index < -0.39 is 0 Å². The van der Waals surface area contributed by atoms with Crippen molar-refractivity contribution < 1.29 is 0 Å². The lowest BCUT2D eigenvalue weighted by molar-refractivity contribution is 0.918. The van der Waals surface area contributed by atoms with Gasteiger partial charge in [0.05, 0.1) is 0 Å². The van der Waals surface area contributed by atoms with Crippen molar-refractivity contribution in [2.45, 2.75) is 61.3 Å². The van der Waals surface area contributed by atoms with Crippen molar-refractivity contribution in [2.75, 3.05) is 0 Å². The summed E-state index contributed by atoms with van der Waals surface area (Å²) in [6, 6.07) is 0. The van der Waals surface area contributed by atoms with Gasteiger partial charge in [0, 0.05) is 0 Å². The van der Waals surface area contributed by atoms with Crippen molar-refractivity contribution in [3.05, 3.63) is 22.8 Å². The van der Waals surface area contributed by atoms with E-state index in [-0.39, 0.29) is 0 Å². The molecule has 0 radical (unpaired) electrons. The second-order valence-electron chi connectivity index (χ2n) is 2.83. The molecule has 1 aliphatic carbocycles. The van der Waals surface area contributed by atoms with E-state index in [1.54, 1.807) is 5.57 Å². The standard InChI is InChI=1S/C9H14.2C2H6/c1-7-5-4-6-8(2)9(7)3;2*1-2/h5H,4,6H2,1-3H3;2*1-2H3. The van der Waals surface area contributed by atoms with E-state index >= 15 is 0 Å². The van der Waals surface area contributed by atoms with Gasteiger partial charge in [-0.25, -0.2) is 0 Å². The molecule has 0 aliphatic heterocycles. The molecule has 0 amide bonds. The topological polar surface area (TPSA) is 0 Å². The quantitative estimate of drug-likeness (QED) is 0.488. The van der Waals surface area contributed by atoms with Crippen molar-refractivity contribution in [1.82, 2.24) is 0 Å². The Morgan fingerprint density at radius 1 is 0.923 bits per heavy atom. The highest BCUT2D eigenvalue weighted by Crippen LogP contribution is 2.23. The lowest BCUT2D eigenvalue weighted by Crippen LogP contribution is -1.92. The minimum Gasteiger partial charge on any atom is -0.0810 e. The minimum absolute atomic E-state index is 1.25. The Labute approximate surface area is 84.7 Å². The highest BCUT2D eigenvalue weighted by atomic mass is 14.1. The maximum absolute atomic E-state index is 2.32. The fourth-order valence-electron chi connectivity index (χ4n) is 1.18. The third kappa shape index (κ3) is 5.68. The fraction of sp³-hybridized carbons (Fsp3) is 0.692. The number of hydrogen-bond donors (Lipinski definition) is 0. The normalized spacial score (nSPS) is 14.8. The van der Waals surface area contributed by atoms with Gasteiger partial charge < -0.3 is 0 Å². The summed E-state index contributed by atoms with van der Waals surface area (Å²) < 4.78 is 0. The van der Waals surface area contributed by atoms with E-state index in [0.29, 0.717) is 0 Å². The second-order valence-corrected chi connectivity index (χ2v) is 2.83. The molecule has 0 saturated carbocycles. The van der Waals surface area contributed by atoms with Crippen molar-refractivity contribution in [3.8, 4) is 0 Å². The molecule has 0 aromatic rings. The molecule has 0 heterocycles. The molecule has 13 heavy (non-hydrogen) atoms. The molecule has 0 unspecified atom stereocenters. The van der Waals surface area contributed by atoms with Crippen LogP contribution in [-0.4, -0.2) is 0 Å². The molecule has 0 bridgehead atoms. The zero-order valence-electron chi connectivity index (χ0n) is 10.5. The average molecular weight is 182 g/mol.